The van der Waals surface area contributed by atoms with Gasteiger partial charge in [-0.15, -0.1) is 0 Å². The van der Waals surface area contributed by atoms with E-state index in [1.54, 1.807) is 4.90 Å². The van der Waals surface area contributed by atoms with E-state index in [-0.39, 0.29) is 36.1 Å². The molecule has 1 aliphatic heterocycles. The molecule has 6 nitrogen and oxygen atoms in total. The summed E-state index contributed by atoms with van der Waals surface area (Å²) in [4.78, 5) is 37.7. The summed E-state index contributed by atoms with van der Waals surface area (Å²) in [6.45, 7) is 9.14. The van der Waals surface area contributed by atoms with E-state index >= 15 is 0 Å². The first-order chi connectivity index (χ1) is 11.3. The molecule has 24 heavy (non-hydrogen) atoms. The van der Waals surface area contributed by atoms with Gasteiger partial charge in [-0.1, -0.05) is 27.7 Å². The summed E-state index contributed by atoms with van der Waals surface area (Å²) < 4.78 is 0. The first kappa shape index (κ1) is 20.5. The SMILES string of the molecule is CCC(C)C(=O)N1CCCC(C(=O)NCC(CC(C)C)C(=O)O)C1. The number of carbonyl (C=O) groups excluding carboxylic acids is 2. The van der Waals surface area contributed by atoms with Gasteiger partial charge in [0.1, 0.15) is 0 Å². The molecule has 3 unspecified atom stereocenters. The van der Waals surface area contributed by atoms with Crippen molar-refractivity contribution in [3.63, 3.8) is 0 Å². The predicted molar refractivity (Wildman–Crippen MR) is 92.3 cm³/mol. The van der Waals surface area contributed by atoms with Gasteiger partial charge in [-0.3, -0.25) is 14.4 Å². The van der Waals surface area contributed by atoms with E-state index in [1.165, 1.54) is 0 Å². The van der Waals surface area contributed by atoms with Gasteiger partial charge in [0.25, 0.3) is 0 Å². The summed E-state index contributed by atoms with van der Waals surface area (Å²) in [5.74, 6) is -1.45. The number of rotatable bonds is 8. The number of carboxylic acids is 1. The van der Waals surface area contributed by atoms with Crippen molar-refractivity contribution in [3.05, 3.63) is 0 Å². The second-order valence-corrected chi connectivity index (χ2v) is 7.34. The van der Waals surface area contributed by atoms with E-state index in [1.807, 2.05) is 27.7 Å². The van der Waals surface area contributed by atoms with Crippen molar-refractivity contribution in [2.45, 2.75) is 53.4 Å². The van der Waals surface area contributed by atoms with Gasteiger partial charge in [0.2, 0.25) is 11.8 Å². The Labute approximate surface area is 145 Å². The number of carbonyl (C=O) groups is 3. The van der Waals surface area contributed by atoms with Gasteiger partial charge < -0.3 is 15.3 Å². The van der Waals surface area contributed by atoms with Crippen molar-refractivity contribution in [2.24, 2.45) is 23.7 Å². The Balaban J connectivity index is 2.54. The van der Waals surface area contributed by atoms with Crippen LogP contribution in [0.5, 0.6) is 0 Å². The fraction of sp³-hybridized carbons (Fsp3) is 0.833. The summed E-state index contributed by atoms with van der Waals surface area (Å²) in [5, 5.41) is 12.0. The smallest absolute Gasteiger partial charge is 0.308 e. The quantitative estimate of drug-likeness (QED) is 0.709. The number of aliphatic carboxylic acids is 1. The molecule has 0 saturated carbocycles. The van der Waals surface area contributed by atoms with Crippen molar-refractivity contribution in [1.29, 1.82) is 0 Å². The second-order valence-electron chi connectivity index (χ2n) is 7.34. The molecule has 0 aliphatic carbocycles. The Bertz CT molecular complexity index is 450. The topological polar surface area (TPSA) is 86.7 Å². The maximum Gasteiger partial charge on any atom is 0.308 e. The highest BCUT2D eigenvalue weighted by atomic mass is 16.4. The van der Waals surface area contributed by atoms with E-state index in [2.05, 4.69) is 5.32 Å². The van der Waals surface area contributed by atoms with Gasteiger partial charge in [0, 0.05) is 25.6 Å². The summed E-state index contributed by atoms with van der Waals surface area (Å²) in [5.41, 5.74) is 0. The minimum atomic E-state index is -0.874. The molecule has 2 amide bonds. The fourth-order valence-corrected chi connectivity index (χ4v) is 3.09. The average molecular weight is 340 g/mol. The third kappa shape index (κ3) is 6.13. The maximum atomic E-state index is 12.4. The summed E-state index contributed by atoms with van der Waals surface area (Å²) in [6.07, 6.45) is 2.90. The minimum absolute atomic E-state index is 0.0192. The molecule has 6 heteroatoms. The summed E-state index contributed by atoms with van der Waals surface area (Å²) in [6, 6.07) is 0. The highest BCUT2D eigenvalue weighted by molar-refractivity contribution is 5.82. The normalized spacial score (nSPS) is 20.5. The molecule has 0 aromatic rings. The van der Waals surface area contributed by atoms with E-state index < -0.39 is 11.9 Å². The molecule has 0 aromatic carbocycles. The van der Waals surface area contributed by atoms with E-state index in [0.717, 1.165) is 19.3 Å². The first-order valence-corrected chi connectivity index (χ1v) is 9.05. The van der Waals surface area contributed by atoms with Crippen LogP contribution < -0.4 is 5.32 Å². The Morgan fingerprint density at radius 1 is 1.25 bits per heavy atom. The number of amides is 2. The number of nitrogens with one attached hydrogen (secondary N) is 1. The number of hydrogen-bond acceptors (Lipinski definition) is 3. The van der Waals surface area contributed by atoms with Crippen molar-refractivity contribution in [1.82, 2.24) is 10.2 Å². The average Bonchev–Trinajstić information content (AvgIpc) is 2.56. The van der Waals surface area contributed by atoms with Crippen molar-refractivity contribution in [3.8, 4) is 0 Å². The molecular formula is C18H32N2O4. The molecule has 0 spiro atoms. The molecule has 3 atom stereocenters. The monoisotopic (exact) mass is 340 g/mol. The number of nitrogens with zero attached hydrogens (tertiary/aromatic N) is 1. The van der Waals surface area contributed by atoms with Crippen LogP contribution in [0.25, 0.3) is 0 Å². The van der Waals surface area contributed by atoms with E-state index in [4.69, 9.17) is 0 Å². The summed E-state index contributed by atoms with van der Waals surface area (Å²) >= 11 is 0. The zero-order valence-corrected chi connectivity index (χ0v) is 15.4. The van der Waals surface area contributed by atoms with Crippen molar-refractivity contribution < 1.29 is 19.5 Å². The molecular weight excluding hydrogens is 308 g/mol. The van der Waals surface area contributed by atoms with Crippen LogP contribution in [0, 0.1) is 23.7 Å². The van der Waals surface area contributed by atoms with Gasteiger partial charge in [-0.05, 0) is 31.6 Å². The first-order valence-electron chi connectivity index (χ1n) is 9.05. The fourth-order valence-electron chi connectivity index (χ4n) is 3.09. The van der Waals surface area contributed by atoms with E-state index in [9.17, 15) is 19.5 Å². The molecule has 1 heterocycles. The largest absolute Gasteiger partial charge is 0.481 e. The number of carboxylic acid groups (broad SMARTS) is 1. The lowest BCUT2D eigenvalue weighted by molar-refractivity contribution is -0.142. The molecule has 1 fully saturated rings. The van der Waals surface area contributed by atoms with Crippen LogP contribution in [0.15, 0.2) is 0 Å². The van der Waals surface area contributed by atoms with Gasteiger partial charge in [0.15, 0.2) is 0 Å². The molecule has 2 N–H and O–H groups in total. The molecule has 0 bridgehead atoms. The van der Waals surface area contributed by atoms with Crippen molar-refractivity contribution in [2.75, 3.05) is 19.6 Å². The zero-order valence-electron chi connectivity index (χ0n) is 15.4. The molecule has 0 aromatic heterocycles. The standard InChI is InChI=1S/C18H32N2O4/c1-5-13(4)17(22)20-8-6-7-14(11-20)16(21)19-10-15(18(23)24)9-12(2)3/h12-15H,5-11H2,1-4H3,(H,19,21)(H,23,24). The van der Waals surface area contributed by atoms with Crippen LogP contribution in [0.2, 0.25) is 0 Å². The Morgan fingerprint density at radius 3 is 2.46 bits per heavy atom. The van der Waals surface area contributed by atoms with Crippen molar-refractivity contribution >= 4 is 17.8 Å². The zero-order chi connectivity index (χ0) is 18.3. The second kappa shape index (κ2) is 9.64. The Hall–Kier alpha value is -1.59. The van der Waals surface area contributed by atoms with Crippen LogP contribution >= 0.6 is 0 Å². The van der Waals surface area contributed by atoms with Crippen LogP contribution in [-0.4, -0.2) is 47.4 Å². The molecule has 1 rings (SSSR count). The molecule has 1 aliphatic rings. The third-order valence-electron chi connectivity index (χ3n) is 4.77. The van der Waals surface area contributed by atoms with Crippen LogP contribution in [0.3, 0.4) is 0 Å². The van der Waals surface area contributed by atoms with Crippen LogP contribution in [-0.2, 0) is 14.4 Å². The van der Waals surface area contributed by atoms with Gasteiger partial charge in [-0.25, -0.2) is 0 Å². The lowest BCUT2D eigenvalue weighted by Crippen LogP contribution is -2.47. The Morgan fingerprint density at radius 2 is 1.92 bits per heavy atom. The maximum absolute atomic E-state index is 12.4. The van der Waals surface area contributed by atoms with Gasteiger partial charge in [-0.2, -0.15) is 0 Å². The lowest BCUT2D eigenvalue weighted by Gasteiger charge is -2.33. The molecule has 1 saturated heterocycles. The number of piperidine rings is 1. The summed E-state index contributed by atoms with van der Waals surface area (Å²) in [7, 11) is 0. The Kier molecular flexibility index (Phi) is 8.22. The third-order valence-corrected chi connectivity index (χ3v) is 4.77. The van der Waals surface area contributed by atoms with Crippen LogP contribution in [0.4, 0.5) is 0 Å². The number of likely N-dealkylation sites (tertiary alicyclic amines) is 1. The molecule has 0 radical (unpaired) electrons. The predicted octanol–water partition coefficient (Wildman–Crippen LogP) is 2.13. The molecule has 138 valence electrons. The minimum Gasteiger partial charge on any atom is -0.481 e. The highest BCUT2D eigenvalue weighted by Gasteiger charge is 2.30. The van der Waals surface area contributed by atoms with Crippen LogP contribution in [0.1, 0.15) is 53.4 Å². The number of hydrogen-bond donors (Lipinski definition) is 2. The van der Waals surface area contributed by atoms with E-state index in [0.29, 0.717) is 19.5 Å². The lowest BCUT2D eigenvalue weighted by atomic mass is 9.94. The van der Waals surface area contributed by atoms with Gasteiger partial charge >= 0.3 is 5.97 Å². The van der Waals surface area contributed by atoms with Gasteiger partial charge in [0.05, 0.1) is 11.8 Å². The highest BCUT2D eigenvalue weighted by Crippen LogP contribution is 2.20.